The third kappa shape index (κ3) is 3.72. The average Bonchev–Trinajstić information content (AvgIpc) is 3.02. The van der Waals surface area contributed by atoms with Gasteiger partial charge in [0.1, 0.15) is 5.56 Å². The standard InChI is InChI=1S/C16H15ClN4O5S/c1-3-26-16(22)11-7-18-15-13(27(23,24)25)8-19-21(15)14(11)20-12-5-4-10(17)6-9(12)2/h4-8,20H,3H2,1-2H3,(H,23,24,25). The third-order valence-electron chi connectivity index (χ3n) is 3.71. The molecule has 3 aromatic rings. The maximum Gasteiger partial charge on any atom is 0.343 e. The smallest absolute Gasteiger partial charge is 0.343 e. The molecule has 2 N–H and O–H groups in total. The molecule has 0 unspecified atom stereocenters. The van der Waals surface area contributed by atoms with Crippen molar-refractivity contribution < 1.29 is 22.5 Å². The Kier molecular flexibility index (Phi) is 5.05. The number of hydrogen-bond acceptors (Lipinski definition) is 7. The summed E-state index contributed by atoms with van der Waals surface area (Å²) >= 11 is 5.97. The normalized spacial score (nSPS) is 11.6. The van der Waals surface area contributed by atoms with Crippen LogP contribution in [0, 0.1) is 6.92 Å². The van der Waals surface area contributed by atoms with Crippen molar-refractivity contribution in [3.8, 4) is 0 Å². The van der Waals surface area contributed by atoms with Gasteiger partial charge in [0.05, 0.1) is 12.8 Å². The monoisotopic (exact) mass is 410 g/mol. The van der Waals surface area contributed by atoms with Crippen LogP contribution in [0.25, 0.3) is 5.65 Å². The molecule has 0 bridgehead atoms. The Balaban J connectivity index is 2.23. The number of fused-ring (bicyclic) bond motifs is 1. The second-order valence-electron chi connectivity index (χ2n) is 5.54. The van der Waals surface area contributed by atoms with Crippen molar-refractivity contribution >= 4 is 44.8 Å². The maximum absolute atomic E-state index is 12.3. The van der Waals surface area contributed by atoms with Crippen LogP contribution < -0.4 is 5.32 Å². The number of ether oxygens (including phenoxy) is 1. The SMILES string of the molecule is CCOC(=O)c1cnc2c(S(=O)(=O)O)cnn2c1Nc1ccc(Cl)cc1C. The summed E-state index contributed by atoms with van der Waals surface area (Å²) in [5.41, 5.74) is 1.30. The van der Waals surface area contributed by atoms with Crippen molar-refractivity contribution in [3.05, 3.63) is 46.7 Å². The van der Waals surface area contributed by atoms with Gasteiger partial charge < -0.3 is 10.1 Å². The van der Waals surface area contributed by atoms with E-state index < -0.39 is 21.0 Å². The number of nitrogens with one attached hydrogen (secondary N) is 1. The lowest BCUT2D eigenvalue weighted by molar-refractivity contribution is 0.0526. The first kappa shape index (κ1) is 19.1. The summed E-state index contributed by atoms with van der Waals surface area (Å²) in [6.07, 6.45) is 2.11. The Bertz CT molecular complexity index is 1140. The van der Waals surface area contributed by atoms with Gasteiger partial charge in [-0.1, -0.05) is 11.6 Å². The van der Waals surface area contributed by atoms with E-state index in [1.807, 2.05) is 6.92 Å². The molecule has 0 saturated heterocycles. The zero-order chi connectivity index (χ0) is 19.8. The Morgan fingerprint density at radius 2 is 2.11 bits per heavy atom. The number of aryl methyl sites for hydroxylation is 1. The lowest BCUT2D eigenvalue weighted by Gasteiger charge is -2.14. The topological polar surface area (TPSA) is 123 Å². The number of nitrogens with zero attached hydrogens (tertiary/aromatic N) is 3. The van der Waals surface area contributed by atoms with Gasteiger partial charge in [-0.05, 0) is 37.6 Å². The summed E-state index contributed by atoms with van der Waals surface area (Å²) in [4.78, 5) is 15.8. The molecule has 0 fully saturated rings. The highest BCUT2D eigenvalue weighted by Crippen LogP contribution is 2.28. The summed E-state index contributed by atoms with van der Waals surface area (Å²) < 4.78 is 38.5. The van der Waals surface area contributed by atoms with Crippen LogP contribution in [0.5, 0.6) is 0 Å². The molecule has 2 aromatic heterocycles. The van der Waals surface area contributed by atoms with E-state index in [-0.39, 0.29) is 23.6 Å². The fourth-order valence-corrected chi connectivity index (χ4v) is 3.24. The molecule has 0 atom stereocenters. The molecule has 3 rings (SSSR count). The second kappa shape index (κ2) is 7.14. The molecule has 142 valence electrons. The maximum atomic E-state index is 12.3. The number of rotatable bonds is 5. The van der Waals surface area contributed by atoms with Crippen molar-refractivity contribution in [3.63, 3.8) is 0 Å². The molecule has 0 aliphatic carbocycles. The lowest BCUT2D eigenvalue weighted by Crippen LogP contribution is -2.13. The first-order chi connectivity index (χ1) is 12.7. The third-order valence-corrected chi connectivity index (χ3v) is 4.79. The van der Waals surface area contributed by atoms with Gasteiger partial charge in [0.2, 0.25) is 0 Å². The van der Waals surface area contributed by atoms with E-state index in [2.05, 4.69) is 15.4 Å². The molecule has 11 heteroatoms. The molecule has 0 aliphatic heterocycles. The second-order valence-corrected chi connectivity index (χ2v) is 7.37. The summed E-state index contributed by atoms with van der Waals surface area (Å²) in [6.45, 7) is 3.61. The zero-order valence-corrected chi connectivity index (χ0v) is 15.9. The first-order valence-electron chi connectivity index (χ1n) is 7.77. The van der Waals surface area contributed by atoms with Crippen molar-refractivity contribution in [2.24, 2.45) is 0 Å². The zero-order valence-electron chi connectivity index (χ0n) is 14.3. The van der Waals surface area contributed by atoms with E-state index in [4.69, 9.17) is 16.3 Å². The van der Waals surface area contributed by atoms with Gasteiger partial charge in [0, 0.05) is 16.9 Å². The number of carbonyl (C=O) groups excluding carboxylic acids is 1. The molecule has 0 aliphatic rings. The number of carbonyl (C=O) groups is 1. The number of hydrogen-bond donors (Lipinski definition) is 2. The van der Waals surface area contributed by atoms with Gasteiger partial charge in [-0.15, -0.1) is 0 Å². The number of aromatic nitrogens is 3. The van der Waals surface area contributed by atoms with E-state index in [1.54, 1.807) is 25.1 Å². The van der Waals surface area contributed by atoms with Crippen LogP contribution >= 0.6 is 11.6 Å². The largest absolute Gasteiger partial charge is 0.462 e. The molecule has 27 heavy (non-hydrogen) atoms. The van der Waals surface area contributed by atoms with Gasteiger partial charge in [0.25, 0.3) is 10.1 Å². The van der Waals surface area contributed by atoms with Crippen molar-refractivity contribution in [2.75, 3.05) is 11.9 Å². The highest BCUT2D eigenvalue weighted by atomic mass is 35.5. The van der Waals surface area contributed by atoms with Gasteiger partial charge in [-0.25, -0.2) is 9.78 Å². The molecular weight excluding hydrogens is 396 g/mol. The molecule has 0 amide bonds. The highest BCUT2D eigenvalue weighted by molar-refractivity contribution is 7.86. The minimum absolute atomic E-state index is 0.0451. The Morgan fingerprint density at radius 3 is 2.74 bits per heavy atom. The Morgan fingerprint density at radius 1 is 1.37 bits per heavy atom. The number of halogens is 1. The van der Waals surface area contributed by atoms with Gasteiger partial charge in [0.15, 0.2) is 16.4 Å². The molecule has 9 nitrogen and oxygen atoms in total. The van der Waals surface area contributed by atoms with Crippen molar-refractivity contribution in [2.45, 2.75) is 18.7 Å². The Hall–Kier alpha value is -2.69. The predicted octanol–water partition coefficient (Wildman–Crippen LogP) is 2.86. The Labute approximate surface area is 159 Å². The molecule has 1 aromatic carbocycles. The van der Waals surface area contributed by atoms with Crippen LogP contribution in [0.1, 0.15) is 22.8 Å². The molecule has 0 spiro atoms. The fraction of sp³-hybridized carbons (Fsp3) is 0.188. The van der Waals surface area contributed by atoms with Crippen LogP contribution in [0.2, 0.25) is 5.02 Å². The van der Waals surface area contributed by atoms with E-state index in [0.717, 1.165) is 22.5 Å². The van der Waals surface area contributed by atoms with Crippen molar-refractivity contribution in [1.82, 2.24) is 14.6 Å². The van der Waals surface area contributed by atoms with Crippen LogP contribution in [-0.2, 0) is 14.9 Å². The predicted molar refractivity (Wildman–Crippen MR) is 98.2 cm³/mol. The molecule has 2 heterocycles. The van der Waals surface area contributed by atoms with Crippen molar-refractivity contribution in [1.29, 1.82) is 0 Å². The minimum Gasteiger partial charge on any atom is -0.462 e. The molecular formula is C16H15ClN4O5S. The van der Waals surface area contributed by atoms with E-state index in [9.17, 15) is 17.8 Å². The number of benzene rings is 1. The summed E-state index contributed by atoms with van der Waals surface area (Å²) in [7, 11) is -4.54. The number of esters is 1. The fourth-order valence-electron chi connectivity index (χ4n) is 2.47. The number of anilines is 2. The lowest BCUT2D eigenvalue weighted by atomic mass is 10.2. The molecule has 0 saturated carbocycles. The van der Waals surface area contributed by atoms with Gasteiger partial charge in [-0.2, -0.15) is 18.0 Å². The van der Waals surface area contributed by atoms with Crippen LogP contribution in [0.3, 0.4) is 0 Å². The van der Waals surface area contributed by atoms with Gasteiger partial charge in [-0.3, -0.25) is 4.55 Å². The quantitative estimate of drug-likeness (QED) is 0.486. The summed E-state index contributed by atoms with van der Waals surface area (Å²) in [5, 5.41) is 7.53. The van der Waals surface area contributed by atoms with E-state index >= 15 is 0 Å². The first-order valence-corrected chi connectivity index (χ1v) is 9.58. The van der Waals surface area contributed by atoms with E-state index in [1.165, 1.54) is 0 Å². The highest BCUT2D eigenvalue weighted by Gasteiger charge is 2.24. The van der Waals surface area contributed by atoms with Crippen LogP contribution in [0.4, 0.5) is 11.5 Å². The summed E-state index contributed by atoms with van der Waals surface area (Å²) in [6, 6.07) is 5.08. The average molecular weight is 411 g/mol. The summed E-state index contributed by atoms with van der Waals surface area (Å²) in [5.74, 6) is -0.524. The molecule has 0 radical (unpaired) electrons. The van der Waals surface area contributed by atoms with Crippen LogP contribution in [-0.4, -0.2) is 40.1 Å². The minimum atomic E-state index is -4.54. The van der Waals surface area contributed by atoms with E-state index in [0.29, 0.717) is 10.7 Å². The van der Waals surface area contributed by atoms with Crippen LogP contribution in [0.15, 0.2) is 35.5 Å². The van der Waals surface area contributed by atoms with Gasteiger partial charge >= 0.3 is 5.97 Å².